The first-order valence-corrected chi connectivity index (χ1v) is 7.22. The lowest BCUT2D eigenvalue weighted by atomic mass is 10.1. The van der Waals surface area contributed by atoms with E-state index in [-0.39, 0.29) is 5.75 Å². The van der Waals surface area contributed by atoms with E-state index in [4.69, 9.17) is 20.2 Å². The summed E-state index contributed by atoms with van der Waals surface area (Å²) in [6.45, 7) is 0.621. The van der Waals surface area contributed by atoms with Gasteiger partial charge >= 0.3 is 0 Å². The Labute approximate surface area is 98.5 Å². The summed E-state index contributed by atoms with van der Waals surface area (Å²) in [5.41, 5.74) is 1.56. The van der Waals surface area contributed by atoms with E-state index in [0.29, 0.717) is 17.9 Å². The topological polar surface area (TPSA) is 52.6 Å². The van der Waals surface area contributed by atoms with E-state index < -0.39 is 9.05 Å². The Hall–Kier alpha value is -0.940. The highest BCUT2D eigenvalue weighted by molar-refractivity contribution is 8.13. The average Bonchev–Trinajstić information content (AvgIpc) is 2.60. The zero-order chi connectivity index (χ0) is 11.8. The van der Waals surface area contributed by atoms with Gasteiger partial charge in [0.1, 0.15) is 11.5 Å². The molecule has 0 amide bonds. The lowest BCUT2D eigenvalue weighted by Gasteiger charge is -2.09. The molecule has 0 N–H and O–H groups in total. The van der Waals surface area contributed by atoms with Crippen LogP contribution >= 0.6 is 10.7 Å². The fourth-order valence-electron chi connectivity index (χ4n) is 1.73. The van der Waals surface area contributed by atoms with Crippen molar-refractivity contribution in [3.63, 3.8) is 0 Å². The summed E-state index contributed by atoms with van der Waals surface area (Å²) in [5, 5.41) is 0. The number of hydrogen-bond acceptors (Lipinski definition) is 4. The molecule has 0 saturated carbocycles. The van der Waals surface area contributed by atoms with Crippen LogP contribution in [0.3, 0.4) is 0 Å². The smallest absolute Gasteiger partial charge is 0.236 e. The molecule has 2 rings (SSSR count). The largest absolute Gasteiger partial charge is 0.496 e. The predicted octanol–water partition coefficient (Wildman–Crippen LogP) is 1.70. The molecule has 1 aromatic carbocycles. The summed E-state index contributed by atoms with van der Waals surface area (Å²) in [4.78, 5) is 0. The van der Waals surface area contributed by atoms with Gasteiger partial charge in [-0.2, -0.15) is 0 Å². The molecule has 0 spiro atoms. The Morgan fingerprint density at radius 1 is 1.50 bits per heavy atom. The molecular weight excluding hydrogens is 252 g/mol. The molecule has 1 aliphatic heterocycles. The van der Waals surface area contributed by atoms with Crippen molar-refractivity contribution in [3.8, 4) is 11.5 Å². The van der Waals surface area contributed by atoms with Crippen molar-refractivity contribution in [2.45, 2.75) is 12.2 Å². The summed E-state index contributed by atoms with van der Waals surface area (Å²) in [7, 11) is 3.13. The highest BCUT2D eigenvalue weighted by Crippen LogP contribution is 2.33. The van der Waals surface area contributed by atoms with Gasteiger partial charge in [0.25, 0.3) is 0 Å². The Kier molecular flexibility index (Phi) is 2.99. The van der Waals surface area contributed by atoms with Crippen LogP contribution in [-0.4, -0.2) is 22.1 Å². The van der Waals surface area contributed by atoms with Gasteiger partial charge in [0, 0.05) is 28.2 Å². The minimum absolute atomic E-state index is 0.256. The first kappa shape index (κ1) is 11.5. The molecule has 1 heterocycles. The molecule has 0 unspecified atom stereocenters. The maximum absolute atomic E-state index is 11.0. The second-order valence-electron chi connectivity index (χ2n) is 3.55. The second kappa shape index (κ2) is 4.14. The van der Waals surface area contributed by atoms with Crippen LogP contribution in [0.4, 0.5) is 0 Å². The normalized spacial score (nSPS) is 14.4. The number of benzene rings is 1. The summed E-state index contributed by atoms with van der Waals surface area (Å²) in [6, 6.07) is 3.49. The highest BCUT2D eigenvalue weighted by atomic mass is 35.7. The molecule has 0 radical (unpaired) electrons. The molecule has 0 bridgehead atoms. The zero-order valence-electron chi connectivity index (χ0n) is 8.70. The van der Waals surface area contributed by atoms with E-state index in [1.54, 1.807) is 12.1 Å². The van der Waals surface area contributed by atoms with E-state index in [9.17, 15) is 8.42 Å². The van der Waals surface area contributed by atoms with E-state index in [2.05, 4.69) is 0 Å². The quantitative estimate of drug-likeness (QED) is 0.778. The van der Waals surface area contributed by atoms with Crippen LogP contribution in [0.1, 0.15) is 11.1 Å². The molecular formula is C10H11ClO4S. The molecule has 0 saturated heterocycles. The van der Waals surface area contributed by atoms with Crippen molar-refractivity contribution in [2.75, 3.05) is 13.7 Å². The van der Waals surface area contributed by atoms with Crippen molar-refractivity contribution in [3.05, 3.63) is 23.3 Å². The van der Waals surface area contributed by atoms with Gasteiger partial charge in [-0.3, -0.25) is 0 Å². The lowest BCUT2D eigenvalue weighted by Crippen LogP contribution is -1.99. The number of ether oxygens (including phenoxy) is 2. The lowest BCUT2D eigenvalue weighted by molar-refractivity contribution is 0.356. The number of rotatable bonds is 3. The zero-order valence-corrected chi connectivity index (χ0v) is 10.3. The second-order valence-corrected chi connectivity index (χ2v) is 6.33. The molecule has 0 aromatic heterocycles. The van der Waals surface area contributed by atoms with E-state index in [0.717, 1.165) is 17.7 Å². The Morgan fingerprint density at radius 3 is 2.88 bits per heavy atom. The molecule has 0 atom stereocenters. The first-order chi connectivity index (χ1) is 7.49. The number of methoxy groups -OCH3 is 1. The summed E-state index contributed by atoms with van der Waals surface area (Å²) in [6.07, 6.45) is 0.819. The number of fused-ring (bicyclic) bond motifs is 1. The Bertz CT molecular complexity index is 510. The van der Waals surface area contributed by atoms with Gasteiger partial charge in [-0.1, -0.05) is 0 Å². The van der Waals surface area contributed by atoms with E-state index in [1.165, 1.54) is 7.11 Å². The van der Waals surface area contributed by atoms with Crippen LogP contribution in [0, 0.1) is 0 Å². The predicted molar refractivity (Wildman–Crippen MR) is 60.7 cm³/mol. The summed E-state index contributed by atoms with van der Waals surface area (Å²) < 4.78 is 32.6. The monoisotopic (exact) mass is 262 g/mol. The van der Waals surface area contributed by atoms with Crippen molar-refractivity contribution in [1.82, 2.24) is 0 Å². The maximum atomic E-state index is 11.0. The van der Waals surface area contributed by atoms with E-state index >= 15 is 0 Å². The SMILES string of the molecule is COc1cc2c(cc1CS(=O)(=O)Cl)OCC2. The van der Waals surface area contributed by atoms with Gasteiger partial charge < -0.3 is 9.47 Å². The van der Waals surface area contributed by atoms with Crippen molar-refractivity contribution < 1.29 is 17.9 Å². The van der Waals surface area contributed by atoms with Crippen LogP contribution < -0.4 is 9.47 Å². The molecule has 6 heteroatoms. The summed E-state index contributed by atoms with van der Waals surface area (Å²) >= 11 is 0. The number of hydrogen-bond donors (Lipinski definition) is 0. The van der Waals surface area contributed by atoms with Crippen LogP contribution in [0.2, 0.25) is 0 Å². The average molecular weight is 263 g/mol. The molecule has 0 aliphatic carbocycles. The molecule has 1 aliphatic rings. The standard InChI is InChI=1S/C10H11ClO4S/c1-14-9-4-7-2-3-15-10(7)5-8(9)6-16(11,12)13/h4-5H,2-3,6H2,1H3. The van der Waals surface area contributed by atoms with Gasteiger partial charge in [0.05, 0.1) is 19.5 Å². The van der Waals surface area contributed by atoms with Gasteiger partial charge in [-0.25, -0.2) is 8.42 Å². The van der Waals surface area contributed by atoms with Gasteiger partial charge in [0.15, 0.2) is 0 Å². The van der Waals surface area contributed by atoms with Crippen molar-refractivity contribution in [1.29, 1.82) is 0 Å². The third-order valence-corrected chi connectivity index (χ3v) is 3.40. The van der Waals surface area contributed by atoms with Gasteiger partial charge in [-0.15, -0.1) is 0 Å². The van der Waals surface area contributed by atoms with Crippen LogP contribution in [0.15, 0.2) is 12.1 Å². The Balaban J connectivity index is 2.44. The molecule has 16 heavy (non-hydrogen) atoms. The third kappa shape index (κ3) is 2.41. The minimum atomic E-state index is -3.59. The van der Waals surface area contributed by atoms with Crippen LogP contribution in [0.25, 0.3) is 0 Å². The molecule has 88 valence electrons. The molecule has 4 nitrogen and oxygen atoms in total. The van der Waals surface area contributed by atoms with Crippen LogP contribution in [0.5, 0.6) is 11.5 Å². The van der Waals surface area contributed by atoms with Crippen molar-refractivity contribution >= 4 is 19.7 Å². The number of halogens is 1. The maximum Gasteiger partial charge on any atom is 0.236 e. The highest BCUT2D eigenvalue weighted by Gasteiger charge is 2.19. The van der Waals surface area contributed by atoms with Gasteiger partial charge in [0.2, 0.25) is 9.05 Å². The van der Waals surface area contributed by atoms with Crippen molar-refractivity contribution in [2.24, 2.45) is 0 Å². The first-order valence-electron chi connectivity index (χ1n) is 4.74. The van der Waals surface area contributed by atoms with Crippen LogP contribution in [-0.2, 0) is 21.2 Å². The fourth-order valence-corrected chi connectivity index (χ4v) is 2.68. The van der Waals surface area contributed by atoms with Gasteiger partial charge in [-0.05, 0) is 12.1 Å². The third-order valence-electron chi connectivity index (χ3n) is 2.42. The minimum Gasteiger partial charge on any atom is -0.496 e. The Morgan fingerprint density at radius 2 is 2.25 bits per heavy atom. The molecule has 1 aromatic rings. The van der Waals surface area contributed by atoms with E-state index in [1.807, 2.05) is 0 Å². The summed E-state index contributed by atoms with van der Waals surface area (Å²) in [5.74, 6) is 0.999. The fraction of sp³-hybridized carbons (Fsp3) is 0.400. The molecule has 0 fully saturated rings.